The van der Waals surface area contributed by atoms with Crippen molar-refractivity contribution in [2.75, 3.05) is 11.9 Å². The Hall–Kier alpha value is -3.92. The molecule has 10 heteroatoms. The molecule has 0 saturated heterocycles. The van der Waals surface area contributed by atoms with Crippen molar-refractivity contribution in [3.63, 3.8) is 0 Å². The lowest BCUT2D eigenvalue weighted by Gasteiger charge is -2.40. The molecule has 10 nitrogen and oxygen atoms in total. The highest BCUT2D eigenvalue weighted by Gasteiger charge is 2.51. The molecule has 0 spiro atoms. The van der Waals surface area contributed by atoms with Crippen LogP contribution in [-0.2, 0) is 21.0 Å². The largest absolute Gasteiger partial charge is 0.392 e. The number of nitrogens with one attached hydrogen (secondary N) is 4. The standard InChI is InChI=1S/C27H35N5O5/c1-18(20-7-3-2-4-8-20)30-24(35)27(14-6-15-27)25(36)32-22(9-5-16-29-26(28)37)23(34)31-21-12-10-19(17-33)11-13-21/h2-4,7-8,10-13,18,22,33H,5-6,9,14-17H2,1H3,(H,30,35)(H,31,34)(H,32,36)(H3,28,29,37)/t18-,22+/m1/s1. The maximum atomic E-state index is 13.4. The van der Waals surface area contributed by atoms with E-state index in [2.05, 4.69) is 21.3 Å². The number of urea groups is 1. The van der Waals surface area contributed by atoms with E-state index in [4.69, 9.17) is 5.73 Å². The molecule has 0 aliphatic heterocycles. The molecule has 5 amide bonds. The van der Waals surface area contributed by atoms with Gasteiger partial charge in [0.05, 0.1) is 12.6 Å². The number of hydrogen-bond donors (Lipinski definition) is 6. The first-order valence-corrected chi connectivity index (χ1v) is 12.5. The Bertz CT molecular complexity index is 1090. The Morgan fingerprint density at radius 3 is 2.19 bits per heavy atom. The molecule has 198 valence electrons. The molecule has 37 heavy (non-hydrogen) atoms. The van der Waals surface area contributed by atoms with Crippen LogP contribution in [0.4, 0.5) is 10.5 Å². The normalized spacial score (nSPS) is 15.4. The number of hydrogen-bond acceptors (Lipinski definition) is 5. The van der Waals surface area contributed by atoms with Gasteiger partial charge in [-0.25, -0.2) is 4.79 Å². The summed E-state index contributed by atoms with van der Waals surface area (Å²) in [6, 6.07) is 14.3. The lowest BCUT2D eigenvalue weighted by atomic mass is 9.67. The van der Waals surface area contributed by atoms with E-state index >= 15 is 0 Å². The summed E-state index contributed by atoms with van der Waals surface area (Å²) in [5.41, 5.74) is 6.00. The summed E-state index contributed by atoms with van der Waals surface area (Å²) in [7, 11) is 0. The van der Waals surface area contributed by atoms with Crippen molar-refractivity contribution in [2.24, 2.45) is 11.1 Å². The number of rotatable bonds is 12. The molecular formula is C27H35N5O5. The number of primary amides is 1. The van der Waals surface area contributed by atoms with Gasteiger partial charge in [-0.2, -0.15) is 0 Å². The van der Waals surface area contributed by atoms with Crippen LogP contribution < -0.4 is 27.0 Å². The van der Waals surface area contributed by atoms with Gasteiger partial charge in [0.2, 0.25) is 17.7 Å². The van der Waals surface area contributed by atoms with E-state index < -0.39 is 29.3 Å². The van der Waals surface area contributed by atoms with Gasteiger partial charge in [0.25, 0.3) is 0 Å². The van der Waals surface area contributed by atoms with Crippen molar-refractivity contribution in [3.05, 3.63) is 65.7 Å². The molecule has 2 aromatic rings. The number of carbonyl (C=O) groups excluding carboxylic acids is 4. The predicted octanol–water partition coefficient (Wildman–Crippen LogP) is 2.10. The number of carbonyl (C=O) groups is 4. The lowest BCUT2D eigenvalue weighted by Crippen LogP contribution is -2.58. The smallest absolute Gasteiger partial charge is 0.312 e. The molecule has 2 aromatic carbocycles. The fourth-order valence-electron chi connectivity index (χ4n) is 4.25. The number of anilines is 1. The SMILES string of the molecule is C[C@@H](NC(=O)C1(C(=O)N[C@@H](CCCNC(N)=O)C(=O)Nc2ccc(CO)cc2)CCC1)c1ccccc1. The minimum atomic E-state index is -1.24. The van der Waals surface area contributed by atoms with E-state index in [0.717, 1.165) is 12.0 Å². The van der Waals surface area contributed by atoms with Crippen LogP contribution in [0.1, 0.15) is 56.2 Å². The average Bonchev–Trinajstić information content (AvgIpc) is 2.86. The van der Waals surface area contributed by atoms with Gasteiger partial charge in [-0.1, -0.05) is 48.9 Å². The summed E-state index contributed by atoms with van der Waals surface area (Å²) in [6.07, 6.45) is 2.13. The average molecular weight is 510 g/mol. The van der Waals surface area contributed by atoms with E-state index in [9.17, 15) is 24.3 Å². The van der Waals surface area contributed by atoms with Crippen LogP contribution in [0, 0.1) is 5.41 Å². The molecule has 1 fully saturated rings. The van der Waals surface area contributed by atoms with Crippen molar-refractivity contribution >= 4 is 29.4 Å². The first kappa shape index (κ1) is 27.7. The van der Waals surface area contributed by atoms with Crippen molar-refractivity contribution in [2.45, 2.75) is 57.7 Å². The van der Waals surface area contributed by atoms with Crippen LogP contribution in [-0.4, -0.2) is 41.4 Å². The predicted molar refractivity (Wildman–Crippen MR) is 139 cm³/mol. The van der Waals surface area contributed by atoms with Crippen molar-refractivity contribution in [1.29, 1.82) is 0 Å². The first-order valence-electron chi connectivity index (χ1n) is 12.5. The molecule has 0 unspecified atom stereocenters. The molecule has 0 bridgehead atoms. The molecule has 1 aliphatic carbocycles. The highest BCUT2D eigenvalue weighted by molar-refractivity contribution is 6.08. The Morgan fingerprint density at radius 1 is 0.973 bits per heavy atom. The van der Waals surface area contributed by atoms with Crippen molar-refractivity contribution in [1.82, 2.24) is 16.0 Å². The third kappa shape index (κ3) is 7.29. The second-order valence-electron chi connectivity index (χ2n) is 9.35. The van der Waals surface area contributed by atoms with Crippen LogP contribution >= 0.6 is 0 Å². The molecular weight excluding hydrogens is 474 g/mol. The van der Waals surface area contributed by atoms with Crippen LogP contribution in [0.25, 0.3) is 0 Å². The summed E-state index contributed by atoms with van der Waals surface area (Å²) < 4.78 is 0. The summed E-state index contributed by atoms with van der Waals surface area (Å²) in [4.78, 5) is 50.8. The lowest BCUT2D eigenvalue weighted by molar-refractivity contribution is -0.151. The van der Waals surface area contributed by atoms with Gasteiger partial charge in [-0.3, -0.25) is 14.4 Å². The van der Waals surface area contributed by atoms with E-state index in [1.165, 1.54) is 0 Å². The van der Waals surface area contributed by atoms with Gasteiger partial charge < -0.3 is 32.1 Å². The molecule has 2 atom stereocenters. The third-order valence-corrected chi connectivity index (χ3v) is 6.72. The minimum Gasteiger partial charge on any atom is -0.392 e. The fraction of sp³-hybridized carbons (Fsp3) is 0.407. The molecule has 3 rings (SSSR count). The fourth-order valence-corrected chi connectivity index (χ4v) is 4.25. The maximum absolute atomic E-state index is 13.4. The molecule has 0 aromatic heterocycles. The van der Waals surface area contributed by atoms with E-state index in [1.807, 2.05) is 37.3 Å². The highest BCUT2D eigenvalue weighted by atomic mass is 16.3. The number of benzene rings is 2. The summed E-state index contributed by atoms with van der Waals surface area (Å²) >= 11 is 0. The van der Waals surface area contributed by atoms with E-state index in [0.29, 0.717) is 30.5 Å². The number of aliphatic hydroxyl groups excluding tert-OH is 1. The van der Waals surface area contributed by atoms with E-state index in [1.54, 1.807) is 24.3 Å². The zero-order valence-electron chi connectivity index (χ0n) is 21.0. The monoisotopic (exact) mass is 509 g/mol. The van der Waals surface area contributed by atoms with Gasteiger partial charge in [0.15, 0.2) is 0 Å². The zero-order chi connectivity index (χ0) is 26.8. The Labute approximate surface area is 216 Å². The van der Waals surface area contributed by atoms with Crippen LogP contribution in [0.2, 0.25) is 0 Å². The van der Waals surface area contributed by atoms with Gasteiger partial charge in [-0.15, -0.1) is 0 Å². The van der Waals surface area contributed by atoms with Crippen molar-refractivity contribution in [3.8, 4) is 0 Å². The number of nitrogens with two attached hydrogens (primary N) is 1. The molecule has 0 radical (unpaired) electrons. The van der Waals surface area contributed by atoms with E-state index in [-0.39, 0.29) is 31.5 Å². The highest BCUT2D eigenvalue weighted by Crippen LogP contribution is 2.42. The maximum Gasteiger partial charge on any atom is 0.312 e. The first-order chi connectivity index (χ1) is 17.7. The minimum absolute atomic E-state index is 0.118. The topological polar surface area (TPSA) is 163 Å². The summed E-state index contributed by atoms with van der Waals surface area (Å²) in [5.74, 6) is -1.30. The second-order valence-corrected chi connectivity index (χ2v) is 9.35. The second kappa shape index (κ2) is 12.9. The van der Waals surface area contributed by atoms with Gasteiger partial charge >= 0.3 is 6.03 Å². The molecule has 1 saturated carbocycles. The molecule has 7 N–H and O–H groups in total. The summed E-state index contributed by atoms with van der Waals surface area (Å²) in [6.45, 7) is 1.98. The Kier molecular flexibility index (Phi) is 9.62. The van der Waals surface area contributed by atoms with Gasteiger partial charge in [-0.05, 0) is 55.9 Å². The molecule has 1 aliphatic rings. The van der Waals surface area contributed by atoms with Crippen LogP contribution in [0.15, 0.2) is 54.6 Å². The van der Waals surface area contributed by atoms with Crippen LogP contribution in [0.3, 0.4) is 0 Å². The third-order valence-electron chi connectivity index (χ3n) is 6.72. The van der Waals surface area contributed by atoms with Gasteiger partial charge in [0, 0.05) is 12.2 Å². The Balaban J connectivity index is 1.69. The quantitative estimate of drug-likeness (QED) is 0.190. The zero-order valence-corrected chi connectivity index (χ0v) is 21.0. The van der Waals surface area contributed by atoms with Crippen molar-refractivity contribution < 1.29 is 24.3 Å². The number of aliphatic hydroxyl groups is 1. The Morgan fingerprint density at radius 2 is 1.62 bits per heavy atom. The summed E-state index contributed by atoms with van der Waals surface area (Å²) in [5, 5.41) is 20.2. The molecule has 0 heterocycles. The number of amides is 5. The van der Waals surface area contributed by atoms with Gasteiger partial charge in [0.1, 0.15) is 11.5 Å². The van der Waals surface area contributed by atoms with Crippen LogP contribution in [0.5, 0.6) is 0 Å².